The van der Waals surface area contributed by atoms with E-state index in [1.54, 1.807) is 18.3 Å². The molecule has 0 amide bonds. The zero-order valence-corrected chi connectivity index (χ0v) is 11.0. The molecule has 0 unspecified atom stereocenters. The van der Waals surface area contributed by atoms with Crippen LogP contribution in [0.4, 0.5) is 20.3 Å². The van der Waals surface area contributed by atoms with Crippen LogP contribution in [0.5, 0.6) is 0 Å². The molecule has 3 rings (SSSR count). The summed E-state index contributed by atoms with van der Waals surface area (Å²) in [5.41, 5.74) is 14.1. The molecule has 0 spiro atoms. The first-order valence-electron chi connectivity index (χ1n) is 6.29. The molecular weight excluding hydrogens is 276 g/mol. The zero-order chi connectivity index (χ0) is 15.0. The van der Waals surface area contributed by atoms with Crippen LogP contribution in [0.1, 0.15) is 0 Å². The fourth-order valence-corrected chi connectivity index (χ4v) is 2.32. The largest absolute Gasteiger partial charge is 0.399 e. The van der Waals surface area contributed by atoms with Crippen molar-refractivity contribution < 1.29 is 8.78 Å². The molecule has 0 aliphatic rings. The predicted molar refractivity (Wildman–Crippen MR) is 77.8 cm³/mol. The molecule has 108 valence electrons. The van der Waals surface area contributed by atoms with E-state index in [4.69, 9.17) is 11.5 Å². The molecule has 0 aliphatic carbocycles. The van der Waals surface area contributed by atoms with Crippen LogP contribution in [0.15, 0.2) is 36.8 Å². The topological polar surface area (TPSA) is 82.8 Å². The maximum atomic E-state index is 12.7. The number of nitrogen functional groups attached to an aromatic ring is 2. The van der Waals surface area contributed by atoms with Crippen LogP contribution in [-0.4, -0.2) is 21.0 Å². The molecule has 0 atom stereocenters. The van der Waals surface area contributed by atoms with Gasteiger partial charge in [-0.3, -0.25) is 0 Å². The average Bonchev–Trinajstić information content (AvgIpc) is 2.79. The molecule has 2 aromatic heterocycles. The minimum atomic E-state index is -2.48. The average molecular weight is 289 g/mol. The summed E-state index contributed by atoms with van der Waals surface area (Å²) in [6.45, 7) is -0.443. The molecule has 0 fully saturated rings. The van der Waals surface area contributed by atoms with Gasteiger partial charge in [-0.2, -0.15) is 0 Å². The van der Waals surface area contributed by atoms with Crippen LogP contribution in [0.3, 0.4) is 0 Å². The van der Waals surface area contributed by atoms with Gasteiger partial charge in [-0.25, -0.2) is 18.7 Å². The van der Waals surface area contributed by atoms with E-state index in [1.807, 2.05) is 12.1 Å². The smallest absolute Gasteiger partial charge is 0.256 e. The van der Waals surface area contributed by atoms with E-state index >= 15 is 0 Å². The van der Waals surface area contributed by atoms with E-state index in [0.29, 0.717) is 22.3 Å². The molecule has 2 heterocycles. The van der Waals surface area contributed by atoms with Gasteiger partial charge in [-0.15, -0.1) is 0 Å². The molecule has 5 nitrogen and oxygen atoms in total. The fourth-order valence-electron chi connectivity index (χ4n) is 2.32. The third kappa shape index (κ3) is 2.37. The van der Waals surface area contributed by atoms with Crippen molar-refractivity contribution in [2.45, 2.75) is 13.0 Å². The van der Waals surface area contributed by atoms with Crippen LogP contribution in [0, 0.1) is 0 Å². The number of aromatic nitrogens is 3. The van der Waals surface area contributed by atoms with Crippen molar-refractivity contribution in [3.63, 3.8) is 0 Å². The third-order valence-corrected chi connectivity index (χ3v) is 3.24. The summed E-state index contributed by atoms with van der Waals surface area (Å²) in [6.07, 6.45) is 0.413. The number of nitrogens with two attached hydrogens (primary N) is 2. The second-order valence-electron chi connectivity index (χ2n) is 4.67. The van der Waals surface area contributed by atoms with E-state index in [0.717, 1.165) is 5.56 Å². The lowest BCUT2D eigenvalue weighted by molar-refractivity contribution is 0.128. The van der Waals surface area contributed by atoms with E-state index in [1.165, 1.54) is 10.9 Å². The first kappa shape index (κ1) is 13.3. The maximum Gasteiger partial charge on any atom is 0.256 e. The monoisotopic (exact) mass is 289 g/mol. The van der Waals surface area contributed by atoms with Crippen LogP contribution >= 0.6 is 0 Å². The molecule has 0 saturated heterocycles. The van der Waals surface area contributed by atoms with E-state index in [9.17, 15) is 8.78 Å². The Hall–Kier alpha value is -2.70. The first-order valence-corrected chi connectivity index (χ1v) is 6.29. The molecule has 0 aliphatic heterocycles. The number of halogens is 2. The Morgan fingerprint density at radius 1 is 1.10 bits per heavy atom. The Labute approximate surface area is 119 Å². The summed E-state index contributed by atoms with van der Waals surface area (Å²) >= 11 is 0. The van der Waals surface area contributed by atoms with Crippen LogP contribution in [0.25, 0.3) is 22.2 Å². The number of rotatable bonds is 3. The Morgan fingerprint density at radius 2 is 1.81 bits per heavy atom. The number of nitrogens with zero attached hydrogens (tertiary/aromatic N) is 3. The van der Waals surface area contributed by atoms with Crippen LogP contribution < -0.4 is 11.5 Å². The highest BCUT2D eigenvalue weighted by atomic mass is 19.3. The van der Waals surface area contributed by atoms with Crippen LogP contribution in [0.2, 0.25) is 0 Å². The van der Waals surface area contributed by atoms with Gasteiger partial charge in [0.2, 0.25) is 0 Å². The van der Waals surface area contributed by atoms with Gasteiger partial charge in [0.1, 0.15) is 17.8 Å². The Bertz CT molecular complexity index is 780. The van der Waals surface area contributed by atoms with E-state index in [2.05, 4.69) is 9.97 Å². The minimum Gasteiger partial charge on any atom is -0.399 e. The van der Waals surface area contributed by atoms with E-state index in [-0.39, 0.29) is 5.82 Å². The number of hydrogen-bond donors (Lipinski definition) is 2. The lowest BCUT2D eigenvalue weighted by Crippen LogP contribution is -2.06. The van der Waals surface area contributed by atoms with Gasteiger partial charge >= 0.3 is 0 Å². The van der Waals surface area contributed by atoms with Crippen molar-refractivity contribution in [2.24, 2.45) is 0 Å². The van der Waals surface area contributed by atoms with Crippen molar-refractivity contribution in [1.29, 1.82) is 0 Å². The summed E-state index contributed by atoms with van der Waals surface area (Å²) in [7, 11) is 0. The van der Waals surface area contributed by atoms with Crippen molar-refractivity contribution in [1.82, 2.24) is 14.5 Å². The molecule has 7 heteroatoms. The standard InChI is InChI=1S/C14H13F2N5/c15-11(16)6-21-5-10(8-1-3-9(17)4-2-8)12-13(18)19-7-20-14(12)21/h1-5,7,11H,6,17H2,(H2,18,19,20). The highest BCUT2D eigenvalue weighted by molar-refractivity contribution is 6.00. The van der Waals surface area contributed by atoms with Crippen molar-refractivity contribution in [2.75, 3.05) is 11.5 Å². The lowest BCUT2D eigenvalue weighted by atomic mass is 10.1. The quantitative estimate of drug-likeness (QED) is 0.726. The number of anilines is 2. The van der Waals surface area contributed by atoms with Crippen molar-refractivity contribution in [3.05, 3.63) is 36.8 Å². The molecule has 21 heavy (non-hydrogen) atoms. The van der Waals surface area contributed by atoms with Gasteiger partial charge in [0.25, 0.3) is 6.43 Å². The summed E-state index contributed by atoms with van der Waals surface area (Å²) in [4.78, 5) is 8.02. The number of fused-ring (bicyclic) bond motifs is 1. The highest BCUT2D eigenvalue weighted by Gasteiger charge is 2.16. The zero-order valence-electron chi connectivity index (χ0n) is 11.0. The maximum absolute atomic E-state index is 12.7. The molecular formula is C14H13F2N5. The highest BCUT2D eigenvalue weighted by Crippen LogP contribution is 2.33. The second kappa shape index (κ2) is 5.01. The predicted octanol–water partition coefficient (Wildman–Crippen LogP) is 2.53. The Morgan fingerprint density at radius 3 is 2.48 bits per heavy atom. The van der Waals surface area contributed by atoms with Gasteiger partial charge in [-0.05, 0) is 17.7 Å². The van der Waals surface area contributed by atoms with Gasteiger partial charge in [0.05, 0.1) is 11.9 Å². The molecule has 1 aromatic carbocycles. The van der Waals surface area contributed by atoms with Crippen LogP contribution in [-0.2, 0) is 6.54 Å². The van der Waals surface area contributed by atoms with E-state index < -0.39 is 13.0 Å². The van der Waals surface area contributed by atoms with Gasteiger partial charge < -0.3 is 16.0 Å². The van der Waals surface area contributed by atoms with Gasteiger partial charge in [-0.1, -0.05) is 12.1 Å². The fraction of sp³-hybridized carbons (Fsp3) is 0.143. The molecule has 3 aromatic rings. The summed E-state index contributed by atoms with van der Waals surface area (Å²) in [5.74, 6) is 0.264. The summed E-state index contributed by atoms with van der Waals surface area (Å²) < 4.78 is 26.8. The number of alkyl halides is 2. The minimum absolute atomic E-state index is 0.264. The number of benzene rings is 1. The van der Waals surface area contributed by atoms with Crippen molar-refractivity contribution >= 4 is 22.5 Å². The summed E-state index contributed by atoms with van der Waals surface area (Å²) in [5, 5.41) is 0.572. The molecule has 0 bridgehead atoms. The SMILES string of the molecule is Nc1ccc(-c2cn(CC(F)F)c3ncnc(N)c23)cc1. The Kier molecular flexibility index (Phi) is 3.17. The molecule has 4 N–H and O–H groups in total. The molecule has 0 saturated carbocycles. The lowest BCUT2D eigenvalue weighted by Gasteiger charge is -2.02. The summed E-state index contributed by atoms with van der Waals surface area (Å²) in [6, 6.07) is 7.10. The van der Waals surface area contributed by atoms with Gasteiger partial charge in [0, 0.05) is 17.4 Å². The number of hydrogen-bond acceptors (Lipinski definition) is 4. The normalized spacial score (nSPS) is 11.4. The van der Waals surface area contributed by atoms with Gasteiger partial charge in [0.15, 0.2) is 0 Å². The Balaban J connectivity index is 2.24. The first-order chi connectivity index (χ1) is 10.1. The molecule has 0 radical (unpaired) electrons. The van der Waals surface area contributed by atoms with Crippen molar-refractivity contribution in [3.8, 4) is 11.1 Å². The third-order valence-electron chi connectivity index (χ3n) is 3.24. The second-order valence-corrected chi connectivity index (χ2v) is 4.67.